The van der Waals surface area contributed by atoms with E-state index in [4.69, 9.17) is 4.74 Å². The molecule has 1 unspecified atom stereocenters. The standard InChI is InChI=1S/C13H17Br3O/c1-13(2,3)9(7-14)8-17-12-10(15)5-4-6-11(12)16/h4-6,9H,7-8H2,1-3H3. The smallest absolute Gasteiger partial charge is 0.147 e. The van der Waals surface area contributed by atoms with Crippen molar-refractivity contribution < 1.29 is 4.74 Å². The van der Waals surface area contributed by atoms with Gasteiger partial charge >= 0.3 is 0 Å². The zero-order chi connectivity index (χ0) is 13.1. The minimum atomic E-state index is 0.233. The lowest BCUT2D eigenvalue weighted by Gasteiger charge is -2.29. The van der Waals surface area contributed by atoms with E-state index in [1.165, 1.54) is 0 Å². The Kier molecular flexibility index (Phi) is 6.00. The van der Waals surface area contributed by atoms with Gasteiger partial charge in [-0.15, -0.1) is 0 Å². The highest BCUT2D eigenvalue weighted by atomic mass is 79.9. The lowest BCUT2D eigenvalue weighted by atomic mass is 9.83. The van der Waals surface area contributed by atoms with Gasteiger partial charge in [0.2, 0.25) is 0 Å². The third-order valence-electron chi connectivity index (χ3n) is 2.76. The van der Waals surface area contributed by atoms with Gasteiger partial charge in [-0.3, -0.25) is 0 Å². The van der Waals surface area contributed by atoms with E-state index in [1.54, 1.807) is 0 Å². The van der Waals surface area contributed by atoms with Crippen molar-refractivity contribution >= 4 is 47.8 Å². The van der Waals surface area contributed by atoms with Gasteiger partial charge in [0.25, 0.3) is 0 Å². The molecule has 0 amide bonds. The predicted octanol–water partition coefficient (Wildman–Crippen LogP) is 5.65. The maximum absolute atomic E-state index is 5.92. The minimum absolute atomic E-state index is 0.233. The third kappa shape index (κ3) is 4.56. The molecule has 1 aromatic carbocycles. The molecular weight excluding hydrogens is 412 g/mol. The summed E-state index contributed by atoms with van der Waals surface area (Å²) in [6, 6.07) is 5.95. The second-order valence-electron chi connectivity index (χ2n) is 5.08. The molecule has 4 heteroatoms. The van der Waals surface area contributed by atoms with Crippen molar-refractivity contribution in [3.8, 4) is 5.75 Å². The van der Waals surface area contributed by atoms with Crippen molar-refractivity contribution in [2.24, 2.45) is 11.3 Å². The largest absolute Gasteiger partial charge is 0.491 e. The number of halogens is 3. The van der Waals surface area contributed by atoms with Crippen molar-refractivity contribution in [3.63, 3.8) is 0 Å². The minimum Gasteiger partial charge on any atom is -0.491 e. The van der Waals surface area contributed by atoms with Gasteiger partial charge < -0.3 is 4.74 Å². The first-order valence-corrected chi connectivity index (χ1v) is 8.19. The first-order chi connectivity index (χ1) is 7.86. The molecule has 0 N–H and O–H groups in total. The van der Waals surface area contributed by atoms with Crippen LogP contribution in [0, 0.1) is 11.3 Å². The maximum atomic E-state index is 5.92. The van der Waals surface area contributed by atoms with E-state index in [0.29, 0.717) is 12.5 Å². The molecule has 0 aromatic heterocycles. The number of rotatable bonds is 4. The summed E-state index contributed by atoms with van der Waals surface area (Å²) in [4.78, 5) is 0. The molecule has 0 saturated carbocycles. The van der Waals surface area contributed by atoms with Crippen LogP contribution in [-0.4, -0.2) is 11.9 Å². The number of hydrogen-bond donors (Lipinski definition) is 0. The molecule has 0 spiro atoms. The summed E-state index contributed by atoms with van der Waals surface area (Å²) >= 11 is 10.6. The molecule has 17 heavy (non-hydrogen) atoms. The van der Waals surface area contributed by atoms with Gasteiger partial charge in [-0.05, 0) is 49.4 Å². The fourth-order valence-corrected chi connectivity index (χ4v) is 3.72. The molecule has 1 rings (SSSR count). The van der Waals surface area contributed by atoms with Crippen LogP contribution in [0.4, 0.5) is 0 Å². The molecule has 1 nitrogen and oxygen atoms in total. The molecule has 96 valence electrons. The molecular formula is C13H17Br3O. The van der Waals surface area contributed by atoms with E-state index in [0.717, 1.165) is 20.0 Å². The van der Waals surface area contributed by atoms with Gasteiger partial charge in [-0.2, -0.15) is 0 Å². The van der Waals surface area contributed by atoms with E-state index in [1.807, 2.05) is 18.2 Å². The summed E-state index contributed by atoms with van der Waals surface area (Å²) in [5.41, 5.74) is 0.233. The Morgan fingerprint density at radius 2 is 1.71 bits per heavy atom. The van der Waals surface area contributed by atoms with Gasteiger partial charge in [-0.25, -0.2) is 0 Å². The van der Waals surface area contributed by atoms with Crippen molar-refractivity contribution in [1.29, 1.82) is 0 Å². The molecule has 0 aliphatic rings. The Morgan fingerprint density at radius 3 is 2.12 bits per heavy atom. The SMILES string of the molecule is CC(C)(C)C(CBr)COc1c(Br)cccc1Br. The first kappa shape index (κ1) is 15.5. The van der Waals surface area contributed by atoms with Crippen LogP contribution < -0.4 is 4.74 Å². The topological polar surface area (TPSA) is 9.23 Å². The third-order valence-corrected chi connectivity index (χ3v) is 4.79. The lowest BCUT2D eigenvalue weighted by molar-refractivity contribution is 0.164. The van der Waals surface area contributed by atoms with Crippen molar-refractivity contribution in [2.75, 3.05) is 11.9 Å². The van der Waals surface area contributed by atoms with Crippen LogP contribution in [0.25, 0.3) is 0 Å². The van der Waals surface area contributed by atoms with Crippen LogP contribution in [0.2, 0.25) is 0 Å². The quantitative estimate of drug-likeness (QED) is 0.563. The first-order valence-electron chi connectivity index (χ1n) is 5.49. The summed E-state index contributed by atoms with van der Waals surface area (Å²) in [7, 11) is 0. The Labute approximate surface area is 129 Å². The Balaban J connectivity index is 2.73. The van der Waals surface area contributed by atoms with Gasteiger partial charge in [0, 0.05) is 11.2 Å². The van der Waals surface area contributed by atoms with E-state index >= 15 is 0 Å². The normalized spacial score (nSPS) is 13.5. The summed E-state index contributed by atoms with van der Waals surface area (Å²) < 4.78 is 7.88. The molecule has 0 aliphatic heterocycles. The van der Waals surface area contributed by atoms with Crippen molar-refractivity contribution in [3.05, 3.63) is 27.1 Å². The Hall–Kier alpha value is 0.460. The number of ether oxygens (including phenoxy) is 1. The average Bonchev–Trinajstić information content (AvgIpc) is 2.20. The predicted molar refractivity (Wildman–Crippen MR) is 84.1 cm³/mol. The second kappa shape index (κ2) is 6.58. The highest BCUT2D eigenvalue weighted by Gasteiger charge is 2.24. The number of alkyl halides is 1. The Morgan fingerprint density at radius 1 is 1.18 bits per heavy atom. The summed E-state index contributed by atoms with van der Waals surface area (Å²) in [6.45, 7) is 7.40. The summed E-state index contributed by atoms with van der Waals surface area (Å²) in [5, 5.41) is 0.943. The highest BCUT2D eigenvalue weighted by Crippen LogP contribution is 2.35. The molecule has 0 heterocycles. The van der Waals surface area contributed by atoms with Crippen LogP contribution in [0.5, 0.6) is 5.75 Å². The van der Waals surface area contributed by atoms with Crippen LogP contribution >= 0.6 is 47.8 Å². The van der Waals surface area contributed by atoms with Crippen LogP contribution in [0.3, 0.4) is 0 Å². The van der Waals surface area contributed by atoms with E-state index < -0.39 is 0 Å². The molecule has 0 fully saturated rings. The fourth-order valence-electron chi connectivity index (χ4n) is 1.33. The van der Waals surface area contributed by atoms with E-state index in [-0.39, 0.29) is 5.41 Å². The van der Waals surface area contributed by atoms with Crippen molar-refractivity contribution in [2.45, 2.75) is 20.8 Å². The van der Waals surface area contributed by atoms with E-state index in [9.17, 15) is 0 Å². The van der Waals surface area contributed by atoms with Gasteiger partial charge in [0.05, 0.1) is 15.6 Å². The van der Waals surface area contributed by atoms with Crippen LogP contribution in [0.15, 0.2) is 27.1 Å². The number of benzene rings is 1. The zero-order valence-corrected chi connectivity index (χ0v) is 15.0. The highest BCUT2D eigenvalue weighted by molar-refractivity contribution is 9.11. The fraction of sp³-hybridized carbons (Fsp3) is 0.538. The van der Waals surface area contributed by atoms with Gasteiger partial charge in [-0.1, -0.05) is 42.8 Å². The van der Waals surface area contributed by atoms with Crippen LogP contribution in [0.1, 0.15) is 20.8 Å². The Bertz CT molecular complexity index is 351. The van der Waals surface area contributed by atoms with Gasteiger partial charge in [0.15, 0.2) is 0 Å². The summed E-state index contributed by atoms with van der Waals surface area (Å²) in [6.07, 6.45) is 0. The molecule has 0 bridgehead atoms. The molecule has 1 atom stereocenters. The lowest BCUT2D eigenvalue weighted by Crippen LogP contribution is -2.28. The van der Waals surface area contributed by atoms with Crippen molar-refractivity contribution in [1.82, 2.24) is 0 Å². The molecule has 0 saturated heterocycles. The summed E-state index contributed by atoms with van der Waals surface area (Å²) in [5.74, 6) is 1.35. The zero-order valence-electron chi connectivity index (χ0n) is 10.3. The number of hydrogen-bond acceptors (Lipinski definition) is 1. The van der Waals surface area contributed by atoms with Gasteiger partial charge in [0.1, 0.15) is 5.75 Å². The molecule has 0 radical (unpaired) electrons. The van der Waals surface area contributed by atoms with Crippen LogP contribution in [-0.2, 0) is 0 Å². The maximum Gasteiger partial charge on any atom is 0.147 e. The second-order valence-corrected chi connectivity index (χ2v) is 7.44. The average molecular weight is 429 g/mol. The van der Waals surface area contributed by atoms with E-state index in [2.05, 4.69) is 68.6 Å². The monoisotopic (exact) mass is 426 g/mol. The molecule has 0 aliphatic carbocycles. The number of para-hydroxylation sites is 1. The molecule has 1 aromatic rings.